The summed E-state index contributed by atoms with van der Waals surface area (Å²) in [6, 6.07) is 1.01. The van der Waals surface area contributed by atoms with Gasteiger partial charge < -0.3 is 15.4 Å². The van der Waals surface area contributed by atoms with Crippen LogP contribution in [-0.2, 0) is 10.5 Å². The topological polar surface area (TPSA) is 89.4 Å². The minimum absolute atomic E-state index is 0.376. The highest BCUT2D eigenvalue weighted by atomic mass is 32.2. The summed E-state index contributed by atoms with van der Waals surface area (Å²) in [6.45, 7) is 1.81. The summed E-state index contributed by atoms with van der Waals surface area (Å²) in [5, 5.41) is 12.3. The number of carboxylic acids is 1. The van der Waals surface area contributed by atoms with Crippen molar-refractivity contribution in [2.45, 2.75) is 18.7 Å². The quantitative estimate of drug-likeness (QED) is 0.750. The van der Waals surface area contributed by atoms with Crippen LogP contribution in [0.4, 0.5) is 0 Å². The van der Waals surface area contributed by atoms with Gasteiger partial charge in [-0.3, -0.25) is 4.79 Å². The summed E-state index contributed by atoms with van der Waals surface area (Å²) < 4.78 is 4.86. The van der Waals surface area contributed by atoms with E-state index in [1.807, 2.05) is 13.0 Å². The zero-order chi connectivity index (χ0) is 10.6. The van der Waals surface area contributed by atoms with Gasteiger partial charge in [0.05, 0.1) is 5.69 Å². The van der Waals surface area contributed by atoms with E-state index in [2.05, 4.69) is 5.16 Å². The molecule has 3 N–H and O–H groups in total. The van der Waals surface area contributed by atoms with Gasteiger partial charge in [-0.25, -0.2) is 0 Å². The van der Waals surface area contributed by atoms with Crippen LogP contribution in [0, 0.1) is 6.92 Å². The Labute approximate surface area is 85.6 Å². The maximum absolute atomic E-state index is 10.4. The SMILES string of the molecule is Cc1cc(CSC[C@H](N)C(=O)O)no1. The molecule has 1 atom stereocenters. The van der Waals surface area contributed by atoms with Crippen molar-refractivity contribution in [3.8, 4) is 0 Å². The zero-order valence-electron chi connectivity index (χ0n) is 7.77. The predicted octanol–water partition coefficient (Wildman–Crippen LogP) is 0.628. The summed E-state index contributed by atoms with van der Waals surface area (Å²) in [5.41, 5.74) is 6.13. The van der Waals surface area contributed by atoms with Crippen molar-refractivity contribution in [3.05, 3.63) is 17.5 Å². The average Bonchev–Trinajstić information content (AvgIpc) is 2.51. The Morgan fingerprint density at radius 1 is 1.86 bits per heavy atom. The van der Waals surface area contributed by atoms with Crippen LogP contribution in [0.15, 0.2) is 10.6 Å². The monoisotopic (exact) mass is 216 g/mol. The van der Waals surface area contributed by atoms with E-state index < -0.39 is 12.0 Å². The van der Waals surface area contributed by atoms with Crippen molar-refractivity contribution < 1.29 is 14.4 Å². The molecule has 5 nitrogen and oxygen atoms in total. The van der Waals surface area contributed by atoms with E-state index in [0.717, 1.165) is 11.5 Å². The van der Waals surface area contributed by atoms with Crippen LogP contribution in [0.5, 0.6) is 0 Å². The molecule has 1 aromatic rings. The van der Waals surface area contributed by atoms with Crippen LogP contribution >= 0.6 is 11.8 Å². The molecule has 14 heavy (non-hydrogen) atoms. The zero-order valence-corrected chi connectivity index (χ0v) is 8.58. The second-order valence-corrected chi connectivity index (χ2v) is 3.92. The fourth-order valence-electron chi connectivity index (χ4n) is 0.848. The molecule has 0 aliphatic heterocycles. The fourth-order valence-corrected chi connectivity index (χ4v) is 1.71. The Hall–Kier alpha value is -1.01. The number of rotatable bonds is 5. The van der Waals surface area contributed by atoms with E-state index in [0.29, 0.717) is 11.5 Å². The maximum Gasteiger partial charge on any atom is 0.321 e. The van der Waals surface area contributed by atoms with Gasteiger partial charge in [-0.05, 0) is 6.92 Å². The predicted molar refractivity (Wildman–Crippen MR) is 53.0 cm³/mol. The first-order chi connectivity index (χ1) is 6.59. The minimum Gasteiger partial charge on any atom is -0.480 e. The van der Waals surface area contributed by atoms with Crippen molar-refractivity contribution in [1.29, 1.82) is 0 Å². The molecule has 0 spiro atoms. The van der Waals surface area contributed by atoms with Gasteiger partial charge in [-0.1, -0.05) is 5.16 Å². The number of aromatic nitrogens is 1. The summed E-state index contributed by atoms with van der Waals surface area (Å²) in [6.07, 6.45) is 0. The van der Waals surface area contributed by atoms with Crippen molar-refractivity contribution in [2.75, 3.05) is 5.75 Å². The van der Waals surface area contributed by atoms with Crippen LogP contribution in [0.1, 0.15) is 11.5 Å². The standard InChI is InChI=1S/C8H12N2O3S/c1-5-2-6(10-13-5)3-14-4-7(9)8(11)12/h2,7H,3-4,9H2,1H3,(H,11,12)/t7-/m0/s1. The molecule has 0 aromatic carbocycles. The number of hydrogen-bond donors (Lipinski definition) is 2. The number of thioether (sulfide) groups is 1. The second-order valence-electron chi connectivity index (χ2n) is 2.89. The summed E-state index contributed by atoms with van der Waals surface area (Å²) in [7, 11) is 0. The average molecular weight is 216 g/mol. The molecule has 6 heteroatoms. The second kappa shape index (κ2) is 5.02. The first-order valence-corrected chi connectivity index (χ1v) is 5.23. The number of nitrogens with two attached hydrogens (primary N) is 1. The fraction of sp³-hybridized carbons (Fsp3) is 0.500. The van der Waals surface area contributed by atoms with E-state index in [4.69, 9.17) is 15.4 Å². The van der Waals surface area contributed by atoms with E-state index >= 15 is 0 Å². The van der Waals surface area contributed by atoms with Gasteiger partial charge in [0.1, 0.15) is 11.8 Å². The first kappa shape index (κ1) is 11.1. The summed E-state index contributed by atoms with van der Waals surface area (Å²) >= 11 is 1.43. The molecule has 0 fully saturated rings. The molecule has 0 saturated heterocycles. The third-order valence-electron chi connectivity index (χ3n) is 1.54. The van der Waals surface area contributed by atoms with Crippen molar-refractivity contribution in [3.63, 3.8) is 0 Å². The highest BCUT2D eigenvalue weighted by molar-refractivity contribution is 7.98. The molecular formula is C8H12N2O3S. The highest BCUT2D eigenvalue weighted by Crippen LogP contribution is 2.12. The molecule has 1 rings (SSSR count). The number of hydrogen-bond acceptors (Lipinski definition) is 5. The molecule has 0 saturated carbocycles. The molecule has 78 valence electrons. The molecule has 1 heterocycles. The number of aliphatic carboxylic acids is 1. The number of aryl methyl sites for hydroxylation is 1. The largest absolute Gasteiger partial charge is 0.480 e. The molecule has 0 bridgehead atoms. The number of carboxylic acid groups (broad SMARTS) is 1. The molecule has 0 unspecified atom stereocenters. The third-order valence-corrected chi connectivity index (χ3v) is 2.64. The lowest BCUT2D eigenvalue weighted by molar-refractivity contribution is -0.137. The molecule has 0 aliphatic carbocycles. The van der Waals surface area contributed by atoms with Crippen LogP contribution < -0.4 is 5.73 Å². The molecule has 1 aromatic heterocycles. The van der Waals surface area contributed by atoms with E-state index in [1.54, 1.807) is 0 Å². The summed E-state index contributed by atoms with van der Waals surface area (Å²) in [4.78, 5) is 10.4. The van der Waals surface area contributed by atoms with Crippen molar-refractivity contribution in [1.82, 2.24) is 5.16 Å². The third kappa shape index (κ3) is 3.39. The van der Waals surface area contributed by atoms with Crippen molar-refractivity contribution in [2.24, 2.45) is 5.73 Å². The first-order valence-electron chi connectivity index (χ1n) is 4.08. The summed E-state index contributed by atoms with van der Waals surface area (Å²) in [5.74, 6) is 0.775. The Balaban J connectivity index is 2.25. The van der Waals surface area contributed by atoms with Gasteiger partial charge in [0.25, 0.3) is 0 Å². The highest BCUT2D eigenvalue weighted by Gasteiger charge is 2.11. The normalized spacial score (nSPS) is 12.7. The Morgan fingerprint density at radius 2 is 2.57 bits per heavy atom. The van der Waals surface area contributed by atoms with Crippen molar-refractivity contribution >= 4 is 17.7 Å². The van der Waals surface area contributed by atoms with Gasteiger partial charge in [0.15, 0.2) is 0 Å². The van der Waals surface area contributed by atoms with Gasteiger partial charge in [0.2, 0.25) is 0 Å². The minimum atomic E-state index is -0.978. The number of nitrogens with zero attached hydrogens (tertiary/aromatic N) is 1. The number of carbonyl (C=O) groups is 1. The van der Waals surface area contributed by atoms with Gasteiger partial charge in [-0.15, -0.1) is 0 Å². The lowest BCUT2D eigenvalue weighted by Crippen LogP contribution is -2.32. The van der Waals surface area contributed by atoms with Crippen LogP contribution in [0.25, 0.3) is 0 Å². The maximum atomic E-state index is 10.4. The molecule has 0 radical (unpaired) electrons. The lowest BCUT2D eigenvalue weighted by atomic mass is 10.4. The lowest BCUT2D eigenvalue weighted by Gasteiger charge is -2.03. The Bertz CT molecular complexity index is 313. The Kier molecular flexibility index (Phi) is 3.97. The Morgan fingerprint density at radius 3 is 3.07 bits per heavy atom. The van der Waals surface area contributed by atoms with E-state index in [1.165, 1.54) is 11.8 Å². The van der Waals surface area contributed by atoms with Gasteiger partial charge in [0, 0.05) is 17.6 Å². The molecule has 0 amide bonds. The van der Waals surface area contributed by atoms with Gasteiger partial charge >= 0.3 is 5.97 Å². The van der Waals surface area contributed by atoms with Crippen LogP contribution in [0.3, 0.4) is 0 Å². The molecule has 0 aliphatic rings. The van der Waals surface area contributed by atoms with Crippen LogP contribution in [-0.4, -0.2) is 28.0 Å². The van der Waals surface area contributed by atoms with E-state index in [-0.39, 0.29) is 0 Å². The van der Waals surface area contributed by atoms with E-state index in [9.17, 15) is 4.79 Å². The van der Waals surface area contributed by atoms with Gasteiger partial charge in [-0.2, -0.15) is 11.8 Å². The smallest absolute Gasteiger partial charge is 0.321 e. The van der Waals surface area contributed by atoms with Crippen LogP contribution in [0.2, 0.25) is 0 Å². The molecular weight excluding hydrogens is 204 g/mol.